The number of hydrogen-bond acceptors (Lipinski definition) is 8. The SMILES string of the molecule is CCOC(=O)CCNC(=O)C(c1cccc(C)c1O)N(C(=O)C(CCSC)NC(=O)OC(C)(C)C)C(C)C. The van der Waals surface area contributed by atoms with Crippen LogP contribution in [0.25, 0.3) is 0 Å². The van der Waals surface area contributed by atoms with Crippen LogP contribution in [0.2, 0.25) is 0 Å². The van der Waals surface area contributed by atoms with Crippen molar-refractivity contribution in [2.24, 2.45) is 0 Å². The molecule has 0 fully saturated rings. The van der Waals surface area contributed by atoms with Gasteiger partial charge in [0.2, 0.25) is 11.8 Å². The van der Waals surface area contributed by atoms with Crippen LogP contribution in [0, 0.1) is 6.92 Å². The third-order valence-corrected chi connectivity index (χ3v) is 6.08. The fourth-order valence-electron chi connectivity index (χ4n) is 3.74. The highest BCUT2D eigenvalue weighted by Crippen LogP contribution is 2.33. The van der Waals surface area contributed by atoms with Gasteiger partial charge >= 0.3 is 12.1 Å². The number of phenols is 1. The maximum absolute atomic E-state index is 14.0. The molecule has 214 valence electrons. The number of carbonyl (C=O) groups excluding carboxylic acids is 4. The Labute approximate surface area is 230 Å². The van der Waals surface area contributed by atoms with Crippen LogP contribution in [0.4, 0.5) is 4.79 Å². The summed E-state index contributed by atoms with van der Waals surface area (Å²) in [5.74, 6) is -1.07. The Morgan fingerprint density at radius 2 is 1.82 bits per heavy atom. The minimum atomic E-state index is -1.22. The Morgan fingerprint density at radius 3 is 2.37 bits per heavy atom. The lowest BCUT2D eigenvalue weighted by Gasteiger charge is -2.37. The molecule has 0 aliphatic carbocycles. The number of rotatable bonds is 13. The van der Waals surface area contributed by atoms with Crippen LogP contribution in [0.5, 0.6) is 5.75 Å². The molecule has 11 heteroatoms. The van der Waals surface area contributed by atoms with Gasteiger partial charge < -0.3 is 30.1 Å². The van der Waals surface area contributed by atoms with Gasteiger partial charge in [-0.2, -0.15) is 11.8 Å². The molecule has 3 N–H and O–H groups in total. The van der Waals surface area contributed by atoms with Crippen LogP contribution >= 0.6 is 11.8 Å². The quantitative estimate of drug-likeness (QED) is 0.315. The normalized spacial score (nSPS) is 12.9. The molecule has 38 heavy (non-hydrogen) atoms. The van der Waals surface area contributed by atoms with E-state index in [0.717, 1.165) is 0 Å². The first-order valence-corrected chi connectivity index (χ1v) is 14.1. The van der Waals surface area contributed by atoms with E-state index in [9.17, 15) is 24.3 Å². The van der Waals surface area contributed by atoms with E-state index >= 15 is 0 Å². The smallest absolute Gasteiger partial charge is 0.408 e. The highest BCUT2D eigenvalue weighted by Gasteiger charge is 2.39. The number of hydrogen-bond donors (Lipinski definition) is 3. The molecule has 0 aliphatic heterocycles. The number of thioether (sulfide) groups is 1. The summed E-state index contributed by atoms with van der Waals surface area (Å²) in [6.45, 7) is 12.3. The van der Waals surface area contributed by atoms with Gasteiger partial charge in [0, 0.05) is 18.2 Å². The number of nitrogens with one attached hydrogen (secondary N) is 2. The highest BCUT2D eigenvalue weighted by molar-refractivity contribution is 7.98. The summed E-state index contributed by atoms with van der Waals surface area (Å²) in [6.07, 6.45) is 1.41. The Balaban J connectivity index is 3.44. The molecule has 0 aromatic heterocycles. The minimum Gasteiger partial charge on any atom is -0.507 e. The van der Waals surface area contributed by atoms with Crippen molar-refractivity contribution in [1.29, 1.82) is 0 Å². The summed E-state index contributed by atoms with van der Waals surface area (Å²) in [7, 11) is 0. The molecule has 2 atom stereocenters. The zero-order valence-electron chi connectivity index (χ0n) is 23.8. The molecular weight excluding hydrogens is 510 g/mol. The van der Waals surface area contributed by atoms with Gasteiger partial charge in [-0.3, -0.25) is 14.4 Å². The Morgan fingerprint density at radius 1 is 1.16 bits per heavy atom. The molecule has 0 aliphatic rings. The molecule has 0 saturated heterocycles. The Kier molecular flexibility index (Phi) is 13.5. The number of esters is 1. The molecule has 3 amide bonds. The monoisotopic (exact) mass is 553 g/mol. The number of aromatic hydroxyl groups is 1. The van der Waals surface area contributed by atoms with Gasteiger partial charge in [-0.25, -0.2) is 4.79 Å². The van der Waals surface area contributed by atoms with Gasteiger partial charge in [0.25, 0.3) is 0 Å². The van der Waals surface area contributed by atoms with Crippen molar-refractivity contribution in [3.05, 3.63) is 29.3 Å². The standard InChI is InChI=1S/C27H43N3O7S/c1-9-36-21(31)13-15-28-24(33)22(19-12-10-11-18(4)23(19)32)30(17(2)3)25(34)20(14-16-38-8)29-26(35)37-27(5,6)7/h10-12,17,20,22,32H,9,13-16H2,1-8H3,(H,28,33)(H,29,35). The molecule has 0 heterocycles. The van der Waals surface area contributed by atoms with Crippen LogP contribution in [0.1, 0.15) is 71.6 Å². The summed E-state index contributed by atoms with van der Waals surface area (Å²) >= 11 is 1.51. The zero-order valence-corrected chi connectivity index (χ0v) is 24.6. The van der Waals surface area contributed by atoms with Gasteiger partial charge in [0.05, 0.1) is 13.0 Å². The first-order chi connectivity index (χ1) is 17.7. The highest BCUT2D eigenvalue weighted by atomic mass is 32.2. The van der Waals surface area contributed by atoms with Gasteiger partial charge in [-0.05, 0) is 72.5 Å². The fourth-order valence-corrected chi connectivity index (χ4v) is 4.21. The second kappa shape index (κ2) is 15.5. The maximum atomic E-state index is 14.0. The topological polar surface area (TPSA) is 134 Å². The van der Waals surface area contributed by atoms with Gasteiger partial charge in [-0.1, -0.05) is 18.2 Å². The molecule has 2 unspecified atom stereocenters. The number of carbonyl (C=O) groups is 4. The minimum absolute atomic E-state index is 0.00701. The van der Waals surface area contributed by atoms with Gasteiger partial charge in [0.1, 0.15) is 23.4 Å². The molecule has 1 rings (SSSR count). The zero-order chi connectivity index (χ0) is 29.0. The predicted octanol–water partition coefficient (Wildman–Crippen LogP) is 3.69. The second-order valence-corrected chi connectivity index (χ2v) is 11.1. The molecule has 0 bridgehead atoms. The molecule has 0 spiro atoms. The maximum Gasteiger partial charge on any atom is 0.408 e. The summed E-state index contributed by atoms with van der Waals surface area (Å²) < 4.78 is 10.3. The number of para-hydroxylation sites is 1. The van der Waals surface area contributed by atoms with Crippen LogP contribution in [0.15, 0.2) is 18.2 Å². The van der Waals surface area contributed by atoms with Crippen LogP contribution < -0.4 is 10.6 Å². The Bertz CT molecular complexity index is 962. The lowest BCUT2D eigenvalue weighted by atomic mass is 9.97. The lowest BCUT2D eigenvalue weighted by molar-refractivity contribution is -0.145. The fraction of sp³-hybridized carbons (Fsp3) is 0.630. The first-order valence-electron chi connectivity index (χ1n) is 12.8. The molecular formula is C27H43N3O7S. The van der Waals surface area contributed by atoms with Crippen LogP contribution in [-0.2, 0) is 23.9 Å². The number of nitrogens with zero attached hydrogens (tertiary/aromatic N) is 1. The third kappa shape index (κ3) is 10.4. The van der Waals surface area contributed by atoms with E-state index in [4.69, 9.17) is 9.47 Å². The number of alkyl carbamates (subject to hydrolysis) is 1. The van der Waals surface area contributed by atoms with E-state index in [0.29, 0.717) is 17.7 Å². The van der Waals surface area contributed by atoms with Crippen molar-refractivity contribution < 1.29 is 33.8 Å². The van der Waals surface area contributed by atoms with Gasteiger partial charge in [-0.15, -0.1) is 0 Å². The molecule has 0 saturated carbocycles. The van der Waals surface area contributed by atoms with Crippen LogP contribution in [-0.4, -0.2) is 76.7 Å². The molecule has 1 aromatic carbocycles. The van der Waals surface area contributed by atoms with E-state index in [1.54, 1.807) is 66.7 Å². The number of ether oxygens (including phenoxy) is 2. The predicted molar refractivity (Wildman–Crippen MR) is 148 cm³/mol. The summed E-state index contributed by atoms with van der Waals surface area (Å²) in [4.78, 5) is 53.3. The van der Waals surface area contributed by atoms with E-state index in [1.807, 2.05) is 6.26 Å². The van der Waals surface area contributed by atoms with E-state index in [2.05, 4.69) is 10.6 Å². The van der Waals surface area contributed by atoms with Crippen molar-refractivity contribution in [2.45, 2.75) is 85.0 Å². The summed E-state index contributed by atoms with van der Waals surface area (Å²) in [5, 5.41) is 16.2. The van der Waals surface area contributed by atoms with Crippen molar-refractivity contribution in [3.8, 4) is 5.75 Å². The summed E-state index contributed by atoms with van der Waals surface area (Å²) in [5.41, 5.74) is 0.0132. The van der Waals surface area contributed by atoms with Gasteiger partial charge in [0.15, 0.2) is 0 Å². The van der Waals surface area contributed by atoms with Crippen LogP contribution in [0.3, 0.4) is 0 Å². The van der Waals surface area contributed by atoms with Crippen molar-refractivity contribution in [3.63, 3.8) is 0 Å². The van der Waals surface area contributed by atoms with E-state index in [1.165, 1.54) is 16.7 Å². The number of benzene rings is 1. The average Bonchev–Trinajstić information content (AvgIpc) is 2.80. The molecule has 1 aromatic rings. The van der Waals surface area contributed by atoms with E-state index in [-0.39, 0.29) is 30.9 Å². The first kappa shape index (κ1) is 33.1. The van der Waals surface area contributed by atoms with E-state index < -0.39 is 47.6 Å². The van der Waals surface area contributed by atoms with Crippen molar-refractivity contribution >= 4 is 35.6 Å². The van der Waals surface area contributed by atoms with Crippen molar-refractivity contribution in [1.82, 2.24) is 15.5 Å². The second-order valence-electron chi connectivity index (χ2n) is 10.1. The molecule has 0 radical (unpaired) electrons. The largest absolute Gasteiger partial charge is 0.507 e. The Hall–Kier alpha value is -2.95. The number of phenolic OH excluding ortho intramolecular Hbond substituents is 1. The molecule has 10 nitrogen and oxygen atoms in total. The lowest BCUT2D eigenvalue weighted by Crippen LogP contribution is -2.55. The number of amides is 3. The summed E-state index contributed by atoms with van der Waals surface area (Å²) in [6, 6.07) is 2.29. The van der Waals surface area contributed by atoms with Crippen molar-refractivity contribution in [2.75, 3.05) is 25.2 Å². The average molecular weight is 554 g/mol. The third-order valence-electron chi connectivity index (χ3n) is 5.43. The number of aryl methyl sites for hydroxylation is 1.